The highest BCUT2D eigenvalue weighted by Gasteiger charge is 1.91. The Morgan fingerprint density at radius 1 is 0.947 bits per heavy atom. The highest BCUT2D eigenvalue weighted by Crippen LogP contribution is 2.12. The van der Waals surface area contributed by atoms with Crippen LogP contribution in [-0.4, -0.2) is 0 Å². The quantitative estimate of drug-likeness (QED) is 0.274. The van der Waals surface area contributed by atoms with Crippen molar-refractivity contribution < 1.29 is 0 Å². The molecule has 0 fully saturated rings. The molecule has 0 saturated carbocycles. The Balaban J connectivity index is 2.16. The standard InChI is InChI=1S/C15H11N3S/c16-18-17-15-9-7-13(8-10-15)2-1-12-3-5-14(11-19)6-4-12/h3-10,19H,11H2. The summed E-state index contributed by atoms with van der Waals surface area (Å²) in [5.41, 5.74) is 11.9. The van der Waals surface area contributed by atoms with Crippen LogP contribution >= 0.6 is 12.6 Å². The Bertz CT molecular complexity index is 657. The van der Waals surface area contributed by atoms with Gasteiger partial charge in [-0.3, -0.25) is 0 Å². The van der Waals surface area contributed by atoms with Crippen LogP contribution in [0.15, 0.2) is 53.6 Å². The topological polar surface area (TPSA) is 48.8 Å². The van der Waals surface area contributed by atoms with E-state index in [1.54, 1.807) is 12.1 Å². The fraction of sp³-hybridized carbons (Fsp3) is 0.0667. The molecule has 0 spiro atoms. The third-order valence-corrected chi connectivity index (χ3v) is 2.88. The summed E-state index contributed by atoms with van der Waals surface area (Å²) in [5, 5.41) is 3.51. The molecule has 2 aromatic carbocycles. The van der Waals surface area contributed by atoms with Crippen molar-refractivity contribution in [2.45, 2.75) is 5.75 Å². The first kappa shape index (κ1) is 13.1. The van der Waals surface area contributed by atoms with Crippen molar-refractivity contribution in [3.8, 4) is 11.8 Å². The Morgan fingerprint density at radius 3 is 1.95 bits per heavy atom. The number of hydrogen-bond donors (Lipinski definition) is 1. The van der Waals surface area contributed by atoms with E-state index in [4.69, 9.17) is 5.53 Å². The van der Waals surface area contributed by atoms with Crippen LogP contribution in [0.25, 0.3) is 10.4 Å². The van der Waals surface area contributed by atoms with Crippen LogP contribution in [0, 0.1) is 11.8 Å². The van der Waals surface area contributed by atoms with Gasteiger partial charge < -0.3 is 0 Å². The van der Waals surface area contributed by atoms with Gasteiger partial charge >= 0.3 is 0 Å². The third-order valence-electron chi connectivity index (χ3n) is 2.52. The van der Waals surface area contributed by atoms with Crippen LogP contribution in [0.2, 0.25) is 0 Å². The minimum absolute atomic E-state index is 0.589. The van der Waals surface area contributed by atoms with Crippen molar-refractivity contribution in [1.29, 1.82) is 0 Å². The first-order valence-electron chi connectivity index (χ1n) is 5.69. The van der Waals surface area contributed by atoms with Gasteiger partial charge in [0.15, 0.2) is 0 Å². The molecule has 0 aliphatic rings. The highest BCUT2D eigenvalue weighted by molar-refractivity contribution is 7.79. The molecule has 92 valence electrons. The van der Waals surface area contributed by atoms with Crippen LogP contribution in [0.5, 0.6) is 0 Å². The van der Waals surface area contributed by atoms with Gasteiger partial charge in [0.1, 0.15) is 0 Å². The minimum Gasteiger partial charge on any atom is -0.175 e. The summed E-state index contributed by atoms with van der Waals surface area (Å²) in [6, 6.07) is 15.1. The minimum atomic E-state index is 0.589. The van der Waals surface area contributed by atoms with Gasteiger partial charge in [-0.2, -0.15) is 12.6 Å². The molecular weight excluding hydrogens is 254 g/mol. The average Bonchev–Trinajstić information content (AvgIpc) is 2.47. The van der Waals surface area contributed by atoms with Gasteiger partial charge in [-0.15, -0.1) is 0 Å². The van der Waals surface area contributed by atoms with Crippen molar-refractivity contribution in [3.63, 3.8) is 0 Å². The van der Waals surface area contributed by atoms with E-state index >= 15 is 0 Å². The number of benzene rings is 2. The summed E-state index contributed by atoms with van der Waals surface area (Å²) in [7, 11) is 0. The normalized spacial score (nSPS) is 9.11. The molecule has 0 heterocycles. The van der Waals surface area contributed by atoms with Gasteiger partial charge in [0.25, 0.3) is 0 Å². The fourth-order valence-electron chi connectivity index (χ4n) is 1.50. The summed E-state index contributed by atoms with van der Waals surface area (Å²) in [4.78, 5) is 2.73. The lowest BCUT2D eigenvalue weighted by Gasteiger charge is -1.95. The van der Waals surface area contributed by atoms with Crippen LogP contribution in [0.1, 0.15) is 16.7 Å². The monoisotopic (exact) mass is 265 g/mol. The lowest BCUT2D eigenvalue weighted by Crippen LogP contribution is -1.79. The molecule has 0 aliphatic carbocycles. The van der Waals surface area contributed by atoms with E-state index in [0.29, 0.717) is 5.69 Å². The van der Waals surface area contributed by atoms with Gasteiger partial charge in [-0.05, 0) is 35.4 Å². The average molecular weight is 265 g/mol. The molecule has 4 heteroatoms. The second-order valence-electron chi connectivity index (χ2n) is 3.84. The summed E-state index contributed by atoms with van der Waals surface area (Å²) < 4.78 is 0. The molecule has 3 nitrogen and oxygen atoms in total. The lowest BCUT2D eigenvalue weighted by atomic mass is 10.1. The molecule has 0 aromatic heterocycles. The first-order valence-corrected chi connectivity index (χ1v) is 6.32. The van der Waals surface area contributed by atoms with Crippen LogP contribution in [0.4, 0.5) is 5.69 Å². The first-order chi connectivity index (χ1) is 9.31. The Labute approximate surface area is 117 Å². The Kier molecular flexibility index (Phi) is 4.52. The van der Waals surface area contributed by atoms with Crippen molar-refractivity contribution in [2.75, 3.05) is 0 Å². The van der Waals surface area contributed by atoms with Gasteiger partial charge in [0.2, 0.25) is 0 Å². The maximum atomic E-state index is 8.31. The molecule has 0 aliphatic heterocycles. The molecule has 2 rings (SSSR count). The molecule has 0 amide bonds. The van der Waals surface area contributed by atoms with E-state index in [1.165, 1.54) is 5.56 Å². The van der Waals surface area contributed by atoms with Crippen LogP contribution < -0.4 is 0 Å². The number of nitrogens with zero attached hydrogens (tertiary/aromatic N) is 3. The maximum Gasteiger partial charge on any atom is 0.0376 e. The molecule has 19 heavy (non-hydrogen) atoms. The predicted octanol–water partition coefficient (Wildman–Crippen LogP) is 4.46. The van der Waals surface area contributed by atoms with Crippen LogP contribution in [0.3, 0.4) is 0 Å². The molecular formula is C15H11N3S. The van der Waals surface area contributed by atoms with E-state index in [9.17, 15) is 0 Å². The zero-order valence-electron chi connectivity index (χ0n) is 10.1. The largest absolute Gasteiger partial charge is 0.175 e. The number of thiol groups is 1. The third kappa shape index (κ3) is 3.82. The van der Waals surface area contributed by atoms with E-state index < -0.39 is 0 Å². The second-order valence-corrected chi connectivity index (χ2v) is 4.16. The van der Waals surface area contributed by atoms with Crippen molar-refractivity contribution >= 4 is 18.3 Å². The van der Waals surface area contributed by atoms with Gasteiger partial charge in [0.05, 0.1) is 0 Å². The predicted molar refractivity (Wildman–Crippen MR) is 80.4 cm³/mol. The summed E-state index contributed by atoms with van der Waals surface area (Å²) in [6.07, 6.45) is 0. The van der Waals surface area contributed by atoms with E-state index in [1.807, 2.05) is 36.4 Å². The maximum absolute atomic E-state index is 8.31. The number of rotatable bonds is 2. The fourth-order valence-corrected chi connectivity index (χ4v) is 1.71. The van der Waals surface area contributed by atoms with Gasteiger partial charge in [0, 0.05) is 27.5 Å². The van der Waals surface area contributed by atoms with Gasteiger partial charge in [-0.1, -0.05) is 41.2 Å². The van der Waals surface area contributed by atoms with Crippen LogP contribution in [-0.2, 0) is 5.75 Å². The zero-order valence-corrected chi connectivity index (χ0v) is 11.0. The Morgan fingerprint density at radius 2 is 1.47 bits per heavy atom. The molecule has 0 saturated heterocycles. The molecule has 0 radical (unpaired) electrons. The molecule has 0 atom stereocenters. The Hall–Kier alpha value is -2.34. The van der Waals surface area contributed by atoms with E-state index in [2.05, 4.69) is 34.5 Å². The number of azide groups is 1. The number of hydrogen-bond acceptors (Lipinski definition) is 2. The van der Waals surface area contributed by atoms with Crippen molar-refractivity contribution in [3.05, 3.63) is 75.7 Å². The SMILES string of the molecule is [N-]=[N+]=Nc1ccc(C#Cc2ccc(CS)cc2)cc1. The summed E-state index contributed by atoms with van der Waals surface area (Å²) in [5.74, 6) is 6.88. The van der Waals surface area contributed by atoms with E-state index in [-0.39, 0.29) is 0 Å². The molecule has 0 unspecified atom stereocenters. The molecule has 0 bridgehead atoms. The molecule has 2 aromatic rings. The van der Waals surface area contributed by atoms with E-state index in [0.717, 1.165) is 16.9 Å². The second kappa shape index (κ2) is 6.55. The highest BCUT2D eigenvalue weighted by atomic mass is 32.1. The molecule has 0 N–H and O–H groups in total. The summed E-state index contributed by atoms with van der Waals surface area (Å²) in [6.45, 7) is 0. The van der Waals surface area contributed by atoms with Crippen molar-refractivity contribution in [2.24, 2.45) is 5.11 Å². The zero-order chi connectivity index (χ0) is 13.5. The smallest absolute Gasteiger partial charge is 0.0376 e. The van der Waals surface area contributed by atoms with Crippen molar-refractivity contribution in [1.82, 2.24) is 0 Å². The van der Waals surface area contributed by atoms with Gasteiger partial charge in [-0.25, -0.2) is 0 Å². The summed E-state index contributed by atoms with van der Waals surface area (Å²) >= 11 is 4.21. The lowest BCUT2D eigenvalue weighted by molar-refractivity contribution is 1.42.